The summed E-state index contributed by atoms with van der Waals surface area (Å²) in [6, 6.07) is 25.8. The van der Waals surface area contributed by atoms with E-state index in [2.05, 4.69) is 78.1 Å². The normalized spacial score (nSPS) is 12.8. The largest absolute Gasteiger partial charge is 0.355 e. The molecule has 1 nitrogen and oxygen atoms in total. The number of anilines is 2. The molecule has 2 aliphatic rings. The first kappa shape index (κ1) is 12.9. The van der Waals surface area contributed by atoms with Gasteiger partial charge in [0.1, 0.15) is 0 Å². The van der Waals surface area contributed by atoms with Crippen molar-refractivity contribution >= 4 is 34.9 Å². The Morgan fingerprint density at radius 3 is 1.48 bits per heavy atom. The lowest BCUT2D eigenvalue weighted by atomic mass is 10.2. The molecular weight excluding hydrogens is 294 g/mol. The molecule has 0 saturated carbocycles. The minimum absolute atomic E-state index is 1.12. The van der Waals surface area contributed by atoms with Gasteiger partial charge in [0.25, 0.3) is 0 Å². The van der Waals surface area contributed by atoms with E-state index in [1.807, 2.05) is 0 Å². The van der Waals surface area contributed by atoms with Crippen LogP contribution in [-0.4, -0.2) is 0 Å². The van der Waals surface area contributed by atoms with Crippen LogP contribution >= 0.6 is 23.5 Å². The summed E-state index contributed by atoms with van der Waals surface area (Å²) in [7, 11) is 0. The monoisotopic (exact) mass is 307 g/mol. The van der Waals surface area contributed by atoms with Crippen LogP contribution in [0.3, 0.4) is 0 Å². The summed E-state index contributed by atoms with van der Waals surface area (Å²) in [5.41, 5.74) is 2.24. The number of fused-ring (bicyclic) bond motifs is 2. The Labute approximate surface area is 132 Å². The van der Waals surface area contributed by atoms with Gasteiger partial charge in [-0.3, -0.25) is 0 Å². The van der Waals surface area contributed by atoms with Crippen LogP contribution in [0.15, 0.2) is 92.4 Å². The smallest absolute Gasteiger partial charge is 0.0395 e. The van der Waals surface area contributed by atoms with Gasteiger partial charge in [-0.15, -0.1) is 0 Å². The lowest BCUT2D eigenvalue weighted by Gasteiger charge is -2.09. The highest BCUT2D eigenvalue weighted by atomic mass is 32.2. The number of hydrogen-bond donors (Lipinski definition) is 1. The Balaban J connectivity index is 1.85. The lowest BCUT2D eigenvalue weighted by Crippen LogP contribution is -1.90. The SMILES string of the molecule is c1cc2cc(c1)Sc1ccc(cc1)Sc1cccc(c1)N2. The molecule has 2 aliphatic heterocycles. The number of benzene rings is 3. The average molecular weight is 307 g/mol. The van der Waals surface area contributed by atoms with Crippen LogP contribution in [0, 0.1) is 0 Å². The second-order valence-corrected chi connectivity index (χ2v) is 7.15. The third-order valence-corrected chi connectivity index (χ3v) is 5.25. The molecule has 3 aromatic rings. The molecule has 0 spiro atoms. The fourth-order valence-electron chi connectivity index (χ4n) is 2.29. The Morgan fingerprint density at radius 2 is 1.00 bits per heavy atom. The van der Waals surface area contributed by atoms with Crippen molar-refractivity contribution in [2.45, 2.75) is 19.6 Å². The first-order chi connectivity index (χ1) is 10.3. The van der Waals surface area contributed by atoms with E-state index in [1.54, 1.807) is 23.5 Å². The predicted octanol–water partition coefficient (Wildman–Crippen LogP) is 6.05. The lowest BCUT2D eigenvalue weighted by molar-refractivity contribution is 1.33. The van der Waals surface area contributed by atoms with Crippen molar-refractivity contribution in [3.63, 3.8) is 0 Å². The van der Waals surface area contributed by atoms with Gasteiger partial charge in [-0.1, -0.05) is 35.7 Å². The average Bonchev–Trinajstić information content (AvgIpc) is 2.50. The van der Waals surface area contributed by atoms with Crippen molar-refractivity contribution in [3.05, 3.63) is 72.8 Å². The molecule has 2 heterocycles. The number of hydrogen-bond acceptors (Lipinski definition) is 3. The third kappa shape index (κ3) is 2.94. The van der Waals surface area contributed by atoms with E-state index in [0.29, 0.717) is 0 Å². The van der Waals surface area contributed by atoms with Gasteiger partial charge in [-0.25, -0.2) is 0 Å². The van der Waals surface area contributed by atoms with Gasteiger partial charge in [-0.05, 0) is 60.7 Å². The van der Waals surface area contributed by atoms with Gasteiger partial charge >= 0.3 is 0 Å². The first-order valence-electron chi connectivity index (χ1n) is 6.78. The Morgan fingerprint density at radius 1 is 0.524 bits per heavy atom. The summed E-state index contributed by atoms with van der Waals surface area (Å²) in [5, 5.41) is 3.49. The van der Waals surface area contributed by atoms with Gasteiger partial charge in [0.2, 0.25) is 0 Å². The van der Waals surface area contributed by atoms with Crippen LogP contribution in [0.25, 0.3) is 0 Å². The van der Waals surface area contributed by atoms with Crippen molar-refractivity contribution in [1.82, 2.24) is 0 Å². The summed E-state index contributed by atoms with van der Waals surface area (Å²) in [4.78, 5) is 5.02. The molecule has 0 fully saturated rings. The Bertz CT molecular complexity index is 715. The molecule has 6 bridgehead atoms. The van der Waals surface area contributed by atoms with Crippen molar-refractivity contribution < 1.29 is 0 Å². The molecule has 0 amide bonds. The predicted molar refractivity (Wildman–Crippen MR) is 90.9 cm³/mol. The van der Waals surface area contributed by atoms with Crippen LogP contribution < -0.4 is 5.32 Å². The Kier molecular flexibility index (Phi) is 3.37. The zero-order valence-electron chi connectivity index (χ0n) is 11.2. The standard InChI is InChI=1S/C18H13NS2/c1-3-13-11-17(5-1)20-15-7-9-16(10-8-15)21-18-6-2-4-14(12-18)19-13/h1-12,19H. The van der Waals surface area contributed by atoms with Crippen LogP contribution in [0.4, 0.5) is 11.4 Å². The van der Waals surface area contributed by atoms with Gasteiger partial charge < -0.3 is 5.32 Å². The Hall–Kier alpha value is -1.84. The van der Waals surface area contributed by atoms with Gasteiger partial charge in [0.15, 0.2) is 0 Å². The maximum Gasteiger partial charge on any atom is 0.0395 e. The van der Waals surface area contributed by atoms with E-state index < -0.39 is 0 Å². The second kappa shape index (κ2) is 5.51. The van der Waals surface area contributed by atoms with Crippen LogP contribution in [0.2, 0.25) is 0 Å². The quantitative estimate of drug-likeness (QED) is 0.425. The van der Waals surface area contributed by atoms with Crippen molar-refractivity contribution in [2.75, 3.05) is 5.32 Å². The maximum atomic E-state index is 3.49. The summed E-state index contributed by atoms with van der Waals surface area (Å²) in [6.07, 6.45) is 0. The van der Waals surface area contributed by atoms with E-state index in [4.69, 9.17) is 0 Å². The molecule has 0 aliphatic carbocycles. The number of nitrogens with one attached hydrogen (secondary N) is 1. The molecule has 3 aromatic carbocycles. The van der Waals surface area contributed by atoms with E-state index in [0.717, 1.165) is 11.4 Å². The minimum Gasteiger partial charge on any atom is -0.355 e. The molecule has 0 atom stereocenters. The molecule has 1 N–H and O–H groups in total. The summed E-state index contributed by atoms with van der Waals surface area (Å²) in [5.74, 6) is 0. The van der Waals surface area contributed by atoms with Crippen LogP contribution in [0.5, 0.6) is 0 Å². The molecule has 0 unspecified atom stereocenters. The molecule has 3 heteroatoms. The molecule has 0 aromatic heterocycles. The van der Waals surface area contributed by atoms with Crippen molar-refractivity contribution in [2.24, 2.45) is 0 Å². The molecule has 102 valence electrons. The molecule has 21 heavy (non-hydrogen) atoms. The molecule has 5 rings (SSSR count). The highest BCUT2D eigenvalue weighted by molar-refractivity contribution is 7.99. The van der Waals surface area contributed by atoms with E-state index >= 15 is 0 Å². The molecule has 0 saturated heterocycles. The van der Waals surface area contributed by atoms with Gasteiger partial charge in [0.05, 0.1) is 0 Å². The number of rotatable bonds is 0. The fraction of sp³-hybridized carbons (Fsp3) is 0. The van der Waals surface area contributed by atoms with E-state index in [9.17, 15) is 0 Å². The first-order valence-corrected chi connectivity index (χ1v) is 8.41. The minimum atomic E-state index is 1.12. The van der Waals surface area contributed by atoms with Gasteiger partial charge in [0, 0.05) is 31.0 Å². The summed E-state index contributed by atoms with van der Waals surface area (Å²) >= 11 is 3.58. The van der Waals surface area contributed by atoms with Crippen LogP contribution in [-0.2, 0) is 0 Å². The topological polar surface area (TPSA) is 12.0 Å². The zero-order chi connectivity index (χ0) is 14.1. The van der Waals surface area contributed by atoms with E-state index in [1.165, 1.54) is 19.6 Å². The second-order valence-electron chi connectivity index (χ2n) is 4.86. The third-order valence-electron chi connectivity index (χ3n) is 3.25. The fourth-order valence-corrected chi connectivity index (χ4v) is 4.04. The summed E-state index contributed by atoms with van der Waals surface area (Å²) in [6.45, 7) is 0. The van der Waals surface area contributed by atoms with Crippen molar-refractivity contribution in [3.8, 4) is 0 Å². The molecular formula is C18H13NS2. The van der Waals surface area contributed by atoms with Crippen molar-refractivity contribution in [1.29, 1.82) is 0 Å². The molecule has 0 radical (unpaired) electrons. The highest BCUT2D eigenvalue weighted by Gasteiger charge is 2.04. The highest BCUT2D eigenvalue weighted by Crippen LogP contribution is 2.35. The van der Waals surface area contributed by atoms with Gasteiger partial charge in [-0.2, -0.15) is 0 Å². The van der Waals surface area contributed by atoms with Crippen LogP contribution in [0.1, 0.15) is 0 Å². The summed E-state index contributed by atoms with van der Waals surface area (Å²) < 4.78 is 0. The maximum absolute atomic E-state index is 3.49. The zero-order valence-corrected chi connectivity index (χ0v) is 12.9. The van der Waals surface area contributed by atoms with E-state index in [-0.39, 0.29) is 0 Å².